The number of aromatic nitrogens is 4. The Kier molecular flexibility index (Phi) is 7.44. The maximum atomic E-state index is 12.0. The van der Waals surface area contributed by atoms with Crippen molar-refractivity contribution in [2.45, 2.75) is 33.0 Å². The molecule has 0 aliphatic rings. The summed E-state index contributed by atoms with van der Waals surface area (Å²) < 4.78 is 6.74. The summed E-state index contributed by atoms with van der Waals surface area (Å²) in [5.74, 6) is 0.622. The van der Waals surface area contributed by atoms with Crippen molar-refractivity contribution in [1.82, 2.24) is 25.5 Å². The Labute approximate surface area is 199 Å². The molecule has 34 heavy (non-hydrogen) atoms. The van der Waals surface area contributed by atoms with E-state index in [1.54, 1.807) is 0 Å². The summed E-state index contributed by atoms with van der Waals surface area (Å²) in [4.78, 5) is 12.0. The van der Waals surface area contributed by atoms with Crippen molar-refractivity contribution in [2.75, 3.05) is 7.11 Å². The van der Waals surface area contributed by atoms with Crippen LogP contribution < -0.4 is 5.32 Å². The first-order valence-corrected chi connectivity index (χ1v) is 11.4. The van der Waals surface area contributed by atoms with E-state index in [0.29, 0.717) is 13.1 Å². The Bertz CT molecular complexity index is 1220. The predicted octanol–water partition coefficient (Wildman–Crippen LogP) is 4.34. The molecule has 7 heteroatoms. The van der Waals surface area contributed by atoms with Gasteiger partial charge in [-0.05, 0) is 38.6 Å². The molecule has 1 heterocycles. The lowest BCUT2D eigenvalue weighted by Crippen LogP contribution is -2.41. The second kappa shape index (κ2) is 10.9. The maximum absolute atomic E-state index is 12.0. The highest BCUT2D eigenvalue weighted by molar-refractivity contribution is 5.80. The molecule has 0 amide bonds. The second-order valence-electron chi connectivity index (χ2n) is 8.51. The Morgan fingerprint density at radius 3 is 2.26 bits per heavy atom. The van der Waals surface area contributed by atoms with Gasteiger partial charge in [0, 0.05) is 12.1 Å². The summed E-state index contributed by atoms with van der Waals surface area (Å²) in [5, 5.41) is 15.8. The molecule has 7 nitrogen and oxygen atoms in total. The van der Waals surface area contributed by atoms with E-state index in [1.165, 1.54) is 7.11 Å². The van der Waals surface area contributed by atoms with Crippen LogP contribution in [0.25, 0.3) is 22.5 Å². The lowest BCUT2D eigenvalue weighted by Gasteiger charge is -2.20. The SMILES string of the molecule is COC(=O)[C@@H](NCc1ccc(-c2ccccc2-c2nnnn2Cc2ccccc2)cc1)C(C)C. The van der Waals surface area contributed by atoms with E-state index in [9.17, 15) is 4.79 Å². The number of carbonyl (C=O) groups excluding carboxylic acids is 1. The monoisotopic (exact) mass is 455 g/mol. The van der Waals surface area contributed by atoms with Crippen molar-refractivity contribution in [3.8, 4) is 22.5 Å². The molecule has 4 aromatic rings. The van der Waals surface area contributed by atoms with Crippen LogP contribution in [0.5, 0.6) is 0 Å². The minimum Gasteiger partial charge on any atom is -0.468 e. The molecule has 4 rings (SSSR count). The molecule has 0 saturated carbocycles. The highest BCUT2D eigenvalue weighted by Crippen LogP contribution is 2.31. The molecule has 0 aliphatic carbocycles. The average molecular weight is 456 g/mol. The quantitative estimate of drug-likeness (QED) is 0.378. The van der Waals surface area contributed by atoms with Gasteiger partial charge in [0.05, 0.1) is 13.7 Å². The Hall–Kier alpha value is -3.84. The molecular weight excluding hydrogens is 426 g/mol. The number of hydrogen-bond donors (Lipinski definition) is 1. The number of hydrogen-bond acceptors (Lipinski definition) is 6. The number of ether oxygens (including phenoxy) is 1. The molecule has 0 aliphatic heterocycles. The minimum atomic E-state index is -0.339. The van der Waals surface area contributed by atoms with Crippen molar-refractivity contribution in [1.29, 1.82) is 0 Å². The molecule has 3 aromatic carbocycles. The van der Waals surface area contributed by atoms with Crippen molar-refractivity contribution >= 4 is 5.97 Å². The van der Waals surface area contributed by atoms with Gasteiger partial charge in [-0.3, -0.25) is 4.79 Å². The van der Waals surface area contributed by atoms with E-state index >= 15 is 0 Å². The molecular formula is C27H29N5O2. The van der Waals surface area contributed by atoms with E-state index in [0.717, 1.165) is 33.6 Å². The first kappa shape index (κ1) is 23.3. The zero-order chi connectivity index (χ0) is 23.9. The number of tetrazole rings is 1. The van der Waals surface area contributed by atoms with Gasteiger partial charge in [0.2, 0.25) is 0 Å². The van der Waals surface area contributed by atoms with Gasteiger partial charge in [0.25, 0.3) is 0 Å². The lowest BCUT2D eigenvalue weighted by atomic mass is 9.98. The third-order valence-corrected chi connectivity index (χ3v) is 5.79. The first-order valence-electron chi connectivity index (χ1n) is 11.4. The summed E-state index contributed by atoms with van der Waals surface area (Å²) in [5.41, 5.74) is 5.32. The van der Waals surface area contributed by atoms with Crippen LogP contribution in [0.3, 0.4) is 0 Å². The third kappa shape index (κ3) is 5.38. The van der Waals surface area contributed by atoms with E-state index in [2.05, 4.69) is 63.3 Å². The van der Waals surface area contributed by atoms with Crippen LogP contribution in [0.4, 0.5) is 0 Å². The van der Waals surface area contributed by atoms with Gasteiger partial charge in [-0.2, -0.15) is 0 Å². The largest absolute Gasteiger partial charge is 0.468 e. The van der Waals surface area contributed by atoms with Gasteiger partial charge >= 0.3 is 5.97 Å². The van der Waals surface area contributed by atoms with Crippen molar-refractivity contribution in [2.24, 2.45) is 5.92 Å². The number of nitrogens with one attached hydrogen (secondary N) is 1. The lowest BCUT2D eigenvalue weighted by molar-refractivity contribution is -0.144. The molecule has 0 saturated heterocycles. The number of esters is 1. The third-order valence-electron chi connectivity index (χ3n) is 5.79. The van der Waals surface area contributed by atoms with Gasteiger partial charge in [-0.1, -0.05) is 92.7 Å². The fourth-order valence-electron chi connectivity index (χ4n) is 3.94. The van der Waals surface area contributed by atoms with E-state index in [-0.39, 0.29) is 17.9 Å². The number of carbonyl (C=O) groups is 1. The normalized spacial score (nSPS) is 12.0. The molecule has 0 spiro atoms. The molecule has 0 fully saturated rings. The average Bonchev–Trinajstić information content (AvgIpc) is 3.32. The van der Waals surface area contributed by atoms with Crippen LogP contribution in [0.15, 0.2) is 78.9 Å². The fraction of sp³-hybridized carbons (Fsp3) is 0.259. The molecule has 0 unspecified atom stereocenters. The number of nitrogens with zero attached hydrogens (tertiary/aromatic N) is 4. The van der Waals surface area contributed by atoms with E-state index in [4.69, 9.17) is 4.74 Å². The van der Waals surface area contributed by atoms with Gasteiger partial charge in [-0.25, -0.2) is 4.68 Å². The fourth-order valence-corrected chi connectivity index (χ4v) is 3.94. The van der Waals surface area contributed by atoms with E-state index < -0.39 is 0 Å². The summed E-state index contributed by atoms with van der Waals surface area (Å²) in [6, 6.07) is 26.3. The zero-order valence-corrected chi connectivity index (χ0v) is 19.7. The predicted molar refractivity (Wildman–Crippen MR) is 132 cm³/mol. The van der Waals surface area contributed by atoms with Crippen molar-refractivity contribution in [3.63, 3.8) is 0 Å². The van der Waals surface area contributed by atoms with Crippen LogP contribution in [-0.4, -0.2) is 39.3 Å². The number of benzene rings is 3. The van der Waals surface area contributed by atoms with Gasteiger partial charge in [-0.15, -0.1) is 5.10 Å². The van der Waals surface area contributed by atoms with Crippen LogP contribution in [0.1, 0.15) is 25.0 Å². The van der Waals surface area contributed by atoms with Gasteiger partial charge < -0.3 is 10.1 Å². The summed E-state index contributed by atoms with van der Waals surface area (Å²) >= 11 is 0. The zero-order valence-electron chi connectivity index (χ0n) is 19.7. The van der Waals surface area contributed by atoms with Gasteiger partial charge in [0.15, 0.2) is 5.82 Å². The molecule has 1 aromatic heterocycles. The number of rotatable bonds is 9. The van der Waals surface area contributed by atoms with Crippen LogP contribution in [0, 0.1) is 5.92 Å². The molecule has 174 valence electrons. The van der Waals surface area contributed by atoms with Crippen LogP contribution >= 0.6 is 0 Å². The molecule has 0 bridgehead atoms. The number of methoxy groups -OCH3 is 1. The highest BCUT2D eigenvalue weighted by atomic mass is 16.5. The second-order valence-corrected chi connectivity index (χ2v) is 8.51. The molecule has 1 atom stereocenters. The maximum Gasteiger partial charge on any atom is 0.323 e. The minimum absolute atomic E-state index is 0.139. The van der Waals surface area contributed by atoms with E-state index in [1.807, 2.05) is 54.9 Å². The van der Waals surface area contributed by atoms with Crippen LogP contribution in [0.2, 0.25) is 0 Å². The smallest absolute Gasteiger partial charge is 0.323 e. The van der Waals surface area contributed by atoms with Crippen molar-refractivity contribution < 1.29 is 9.53 Å². The summed E-state index contributed by atoms with van der Waals surface area (Å²) in [7, 11) is 1.42. The standard InChI is InChI=1S/C27H29N5O2/c1-19(2)25(27(33)34-3)28-17-20-13-15-22(16-14-20)23-11-7-8-12-24(23)26-29-30-31-32(26)18-21-9-5-4-6-10-21/h4-16,19,25,28H,17-18H2,1-3H3/t25-/m0/s1. The Balaban J connectivity index is 1.55. The van der Waals surface area contributed by atoms with Crippen LogP contribution in [-0.2, 0) is 22.6 Å². The first-order chi connectivity index (χ1) is 16.6. The van der Waals surface area contributed by atoms with Crippen molar-refractivity contribution in [3.05, 3.63) is 90.0 Å². The topological polar surface area (TPSA) is 81.9 Å². The molecule has 1 N–H and O–H groups in total. The summed E-state index contributed by atoms with van der Waals surface area (Å²) in [6.07, 6.45) is 0. The molecule has 0 radical (unpaired) electrons. The highest BCUT2D eigenvalue weighted by Gasteiger charge is 2.22. The Morgan fingerprint density at radius 2 is 1.59 bits per heavy atom. The summed E-state index contributed by atoms with van der Waals surface area (Å²) in [6.45, 7) is 5.18. The Morgan fingerprint density at radius 1 is 0.912 bits per heavy atom. The van der Waals surface area contributed by atoms with Gasteiger partial charge in [0.1, 0.15) is 6.04 Å².